The van der Waals surface area contributed by atoms with Crippen LogP contribution in [0.1, 0.15) is 41.3 Å². The fourth-order valence-corrected chi connectivity index (χ4v) is 3.95. The van der Waals surface area contributed by atoms with Crippen molar-refractivity contribution in [2.24, 2.45) is 0 Å². The van der Waals surface area contributed by atoms with Crippen molar-refractivity contribution >= 4 is 32.4 Å². The molecular formula is C24H33B2N3O7. The second-order valence-corrected chi connectivity index (χ2v) is 8.43. The van der Waals surface area contributed by atoms with Gasteiger partial charge in [0.05, 0.1) is 19.8 Å². The third-order valence-electron chi connectivity index (χ3n) is 5.87. The number of hydrogen-bond donors (Lipinski definition) is 3. The molecule has 36 heavy (non-hydrogen) atoms. The normalized spacial score (nSPS) is 13.9. The molecule has 0 fully saturated rings. The quantitative estimate of drug-likeness (QED) is 0.177. The Morgan fingerprint density at radius 1 is 1.25 bits per heavy atom. The zero-order valence-electron chi connectivity index (χ0n) is 20.8. The van der Waals surface area contributed by atoms with Gasteiger partial charge >= 0.3 is 15.2 Å². The van der Waals surface area contributed by atoms with Crippen LogP contribution in [0.25, 0.3) is 0 Å². The highest BCUT2D eigenvalue weighted by molar-refractivity contribution is 6.48. The fraction of sp³-hybridized carbons (Fsp3) is 0.417. The summed E-state index contributed by atoms with van der Waals surface area (Å²) < 4.78 is 15.8. The Hall–Kier alpha value is -2.73. The number of hydrogen-bond acceptors (Lipinski definition) is 8. The number of rotatable bonds is 15. The highest BCUT2D eigenvalue weighted by Crippen LogP contribution is 2.15. The molecule has 0 aliphatic carbocycles. The highest BCUT2D eigenvalue weighted by Gasteiger charge is 2.22. The molecule has 2 aromatic rings. The first-order valence-electron chi connectivity index (χ1n) is 11.9. The molecule has 192 valence electrons. The first kappa shape index (κ1) is 27.9. The van der Waals surface area contributed by atoms with E-state index in [1.807, 2.05) is 48.5 Å². The third kappa shape index (κ3) is 8.44. The molecule has 1 aliphatic rings. The summed E-state index contributed by atoms with van der Waals surface area (Å²) in [4.78, 5) is 32.5. The smallest absolute Gasteiger partial charge is 0.430 e. The van der Waals surface area contributed by atoms with E-state index in [1.54, 1.807) is 11.8 Å². The molecule has 0 saturated carbocycles. The Morgan fingerprint density at radius 2 is 2.06 bits per heavy atom. The Balaban J connectivity index is 1.64. The Bertz CT molecular complexity index is 983. The van der Waals surface area contributed by atoms with E-state index < -0.39 is 20.0 Å². The van der Waals surface area contributed by atoms with E-state index in [0.717, 1.165) is 16.6 Å². The molecule has 2 atom stereocenters. The molecule has 1 aliphatic heterocycles. The Labute approximate surface area is 212 Å². The van der Waals surface area contributed by atoms with Crippen molar-refractivity contribution in [1.29, 1.82) is 0 Å². The SMILES string of the molecule is CONC(=O)[C@H](CCCN(Cc1ccccc1)C(=O)c1ccc2c(c1)COB2)NCOC(C)OBO. The zero-order valence-corrected chi connectivity index (χ0v) is 20.8. The molecule has 2 amide bonds. The van der Waals surface area contributed by atoms with E-state index in [0.29, 0.717) is 45.6 Å². The van der Waals surface area contributed by atoms with Gasteiger partial charge in [0, 0.05) is 18.7 Å². The van der Waals surface area contributed by atoms with Crippen LogP contribution in [0.4, 0.5) is 0 Å². The van der Waals surface area contributed by atoms with Gasteiger partial charge in [0.25, 0.3) is 11.8 Å². The molecule has 3 rings (SSSR count). The van der Waals surface area contributed by atoms with Gasteiger partial charge in [0.15, 0.2) is 0 Å². The van der Waals surface area contributed by atoms with E-state index in [2.05, 4.69) is 10.8 Å². The lowest BCUT2D eigenvalue weighted by Gasteiger charge is -2.25. The molecule has 0 bridgehead atoms. The van der Waals surface area contributed by atoms with Gasteiger partial charge in [-0.15, -0.1) is 0 Å². The summed E-state index contributed by atoms with van der Waals surface area (Å²) >= 11 is 0. The van der Waals surface area contributed by atoms with Crippen molar-refractivity contribution in [2.45, 2.75) is 45.2 Å². The Morgan fingerprint density at radius 3 is 2.81 bits per heavy atom. The largest absolute Gasteiger partial charge is 0.437 e. The topological polar surface area (TPSA) is 119 Å². The molecular weight excluding hydrogens is 464 g/mol. The molecule has 1 unspecified atom stereocenters. The third-order valence-corrected chi connectivity index (χ3v) is 5.87. The van der Waals surface area contributed by atoms with Gasteiger partial charge in [-0.2, -0.15) is 0 Å². The Kier molecular flexibility index (Phi) is 11.4. The van der Waals surface area contributed by atoms with Crippen molar-refractivity contribution in [1.82, 2.24) is 15.7 Å². The van der Waals surface area contributed by atoms with Gasteiger partial charge in [0.1, 0.15) is 13.0 Å². The van der Waals surface area contributed by atoms with Gasteiger partial charge in [-0.1, -0.05) is 36.4 Å². The molecule has 2 aromatic carbocycles. The van der Waals surface area contributed by atoms with Crippen LogP contribution in [0.15, 0.2) is 48.5 Å². The van der Waals surface area contributed by atoms with Crippen molar-refractivity contribution in [3.63, 3.8) is 0 Å². The lowest BCUT2D eigenvalue weighted by molar-refractivity contribution is -0.135. The van der Waals surface area contributed by atoms with Gasteiger partial charge in [0.2, 0.25) is 0 Å². The number of ether oxygens (including phenoxy) is 1. The molecule has 3 N–H and O–H groups in total. The monoisotopic (exact) mass is 497 g/mol. The molecule has 0 radical (unpaired) electrons. The summed E-state index contributed by atoms with van der Waals surface area (Å²) in [6.45, 7) is 3.09. The summed E-state index contributed by atoms with van der Waals surface area (Å²) in [7, 11) is 1.48. The maximum absolute atomic E-state index is 13.5. The number of carbonyl (C=O) groups excluding carboxylic acids is 2. The van der Waals surface area contributed by atoms with Crippen LogP contribution >= 0.6 is 0 Å². The predicted octanol–water partition coefficient (Wildman–Crippen LogP) is -0.152. The lowest BCUT2D eigenvalue weighted by atomic mass is 9.86. The standard InChI is InChI=1S/C24H33B2N3O7/c1-17(36-26-32)34-16-27-22(23(30)28-33-2)9-6-12-29(14-18-7-4-3-5-8-18)24(31)19-10-11-21-20(13-19)15-35-25-21/h3-5,7-8,10-11,13,17,22,25-27,32H,6,9,12,14-16H2,1-2H3,(H,28,30)/t17?,22-/m0/s1. The zero-order chi connectivity index (χ0) is 25.8. The maximum atomic E-state index is 13.5. The van der Waals surface area contributed by atoms with Crippen molar-refractivity contribution in [3.8, 4) is 0 Å². The maximum Gasteiger partial charge on any atom is 0.437 e. The first-order chi connectivity index (χ1) is 17.5. The van der Waals surface area contributed by atoms with E-state index in [4.69, 9.17) is 23.9 Å². The molecule has 0 spiro atoms. The predicted molar refractivity (Wildman–Crippen MR) is 136 cm³/mol. The van der Waals surface area contributed by atoms with Crippen molar-refractivity contribution in [2.75, 3.05) is 20.4 Å². The van der Waals surface area contributed by atoms with Gasteiger partial charge in [-0.05, 0) is 48.5 Å². The van der Waals surface area contributed by atoms with Crippen LogP contribution < -0.4 is 16.3 Å². The number of nitrogens with zero attached hydrogens (tertiary/aromatic N) is 1. The van der Waals surface area contributed by atoms with Gasteiger partial charge in [-0.3, -0.25) is 19.7 Å². The summed E-state index contributed by atoms with van der Waals surface area (Å²) in [5.74, 6) is -0.422. The number of hydroxylamine groups is 1. The molecule has 0 aromatic heterocycles. The minimum Gasteiger partial charge on any atom is -0.430 e. The van der Waals surface area contributed by atoms with Crippen LogP contribution in [0, 0.1) is 0 Å². The highest BCUT2D eigenvalue weighted by atomic mass is 16.7. The van der Waals surface area contributed by atoms with Crippen molar-refractivity contribution in [3.05, 3.63) is 65.2 Å². The van der Waals surface area contributed by atoms with Crippen molar-refractivity contribution < 1.29 is 33.5 Å². The number of nitrogens with one attached hydrogen (secondary N) is 2. The lowest BCUT2D eigenvalue weighted by Crippen LogP contribution is -2.45. The fourth-order valence-electron chi connectivity index (χ4n) is 3.95. The number of fused-ring (bicyclic) bond motifs is 1. The summed E-state index contributed by atoms with van der Waals surface area (Å²) in [6, 6.07) is 14.9. The molecule has 12 heteroatoms. The van der Waals surface area contributed by atoms with E-state index in [-0.39, 0.29) is 18.5 Å². The average Bonchev–Trinajstić information content (AvgIpc) is 3.35. The van der Waals surface area contributed by atoms with E-state index >= 15 is 0 Å². The van der Waals surface area contributed by atoms with E-state index in [1.165, 1.54) is 7.11 Å². The minimum atomic E-state index is -0.634. The van der Waals surface area contributed by atoms with Crippen LogP contribution in [-0.2, 0) is 36.8 Å². The molecule has 10 nitrogen and oxygen atoms in total. The molecule has 1 heterocycles. The van der Waals surface area contributed by atoms with E-state index in [9.17, 15) is 9.59 Å². The summed E-state index contributed by atoms with van der Waals surface area (Å²) in [5, 5.41) is 11.8. The number of amides is 2. The van der Waals surface area contributed by atoms with Crippen LogP contribution in [0.3, 0.4) is 0 Å². The summed E-state index contributed by atoms with van der Waals surface area (Å²) in [6.07, 6.45) is 0.361. The van der Waals surface area contributed by atoms with Crippen LogP contribution in [0.2, 0.25) is 0 Å². The average molecular weight is 497 g/mol. The second kappa shape index (κ2) is 14.7. The first-order valence-corrected chi connectivity index (χ1v) is 11.9. The van der Waals surface area contributed by atoms with Crippen LogP contribution in [0.5, 0.6) is 0 Å². The van der Waals surface area contributed by atoms with Gasteiger partial charge in [-0.25, -0.2) is 5.48 Å². The minimum absolute atomic E-state index is 0.0345. The van der Waals surface area contributed by atoms with Gasteiger partial charge < -0.3 is 24.0 Å². The number of benzene rings is 2. The molecule has 0 saturated heterocycles. The number of carbonyl (C=O) groups is 2. The second-order valence-electron chi connectivity index (χ2n) is 8.43. The summed E-state index contributed by atoms with van der Waals surface area (Å²) in [5.41, 5.74) is 6.13. The van der Waals surface area contributed by atoms with Crippen LogP contribution in [-0.4, -0.2) is 69.6 Å².